The van der Waals surface area contributed by atoms with Gasteiger partial charge in [0.2, 0.25) is 0 Å². The molecule has 1 N–H and O–H groups in total. The van der Waals surface area contributed by atoms with Crippen molar-refractivity contribution in [2.24, 2.45) is 11.8 Å². The van der Waals surface area contributed by atoms with Crippen molar-refractivity contribution in [2.45, 2.75) is 63.6 Å². The van der Waals surface area contributed by atoms with E-state index in [4.69, 9.17) is 41.9 Å². The van der Waals surface area contributed by atoms with Gasteiger partial charge in [-0.2, -0.15) is 0 Å². The number of benzene rings is 1. The van der Waals surface area contributed by atoms with Gasteiger partial charge < -0.3 is 23.8 Å². The van der Waals surface area contributed by atoms with Gasteiger partial charge in [-0.15, -0.1) is 0 Å². The summed E-state index contributed by atoms with van der Waals surface area (Å²) in [6, 6.07) is 5.29. The fourth-order valence-corrected chi connectivity index (χ4v) is 6.11. The van der Waals surface area contributed by atoms with Crippen LogP contribution in [0.3, 0.4) is 0 Å². The van der Waals surface area contributed by atoms with Crippen LogP contribution in [0.2, 0.25) is 10.0 Å². The maximum atomic E-state index is 10.7. The van der Waals surface area contributed by atoms with Gasteiger partial charge >= 0.3 is 0 Å². The summed E-state index contributed by atoms with van der Waals surface area (Å²) >= 11 is 12.9. The maximum absolute atomic E-state index is 10.7. The van der Waals surface area contributed by atoms with Crippen LogP contribution in [0.25, 0.3) is 11.3 Å². The van der Waals surface area contributed by atoms with Gasteiger partial charge in [-0.05, 0) is 51.7 Å². The molecule has 3 fully saturated rings. The highest BCUT2D eigenvalue weighted by Crippen LogP contribution is 2.54. The second kappa shape index (κ2) is 8.01. The topological polar surface area (TPSA) is 74.0 Å². The molecule has 1 aromatic carbocycles. The van der Waals surface area contributed by atoms with Crippen molar-refractivity contribution < 1.29 is 23.8 Å². The number of hydrogen-bond donors (Lipinski definition) is 1. The average Bonchev–Trinajstić information content (AvgIpc) is 3.39. The number of hydrogen-bond acceptors (Lipinski definition) is 6. The second-order valence-corrected chi connectivity index (χ2v) is 10.1. The van der Waals surface area contributed by atoms with Crippen molar-refractivity contribution in [3.05, 3.63) is 39.6 Å². The Bertz CT molecular complexity index is 927. The third-order valence-corrected chi connectivity index (χ3v) is 7.47. The molecule has 2 bridgehead atoms. The summed E-state index contributed by atoms with van der Waals surface area (Å²) in [4.78, 5) is 0. The zero-order chi connectivity index (χ0) is 21.8. The Balaban J connectivity index is 1.40. The van der Waals surface area contributed by atoms with E-state index in [0.717, 1.165) is 25.7 Å². The molecular weight excluding hydrogens is 441 g/mol. The first-order chi connectivity index (χ1) is 14.8. The summed E-state index contributed by atoms with van der Waals surface area (Å²) in [6.07, 6.45) is 4.07. The molecule has 2 unspecified atom stereocenters. The van der Waals surface area contributed by atoms with Gasteiger partial charge in [-0.1, -0.05) is 34.4 Å². The molecule has 2 heterocycles. The first-order valence-corrected chi connectivity index (χ1v) is 11.6. The molecule has 2 aromatic rings. The molecule has 1 aromatic heterocycles. The van der Waals surface area contributed by atoms with Crippen molar-refractivity contribution >= 4 is 23.2 Å². The lowest BCUT2D eigenvalue weighted by atomic mass is 9.81. The van der Waals surface area contributed by atoms with Gasteiger partial charge in [0.1, 0.15) is 11.3 Å². The number of ether oxygens (including phenoxy) is 3. The lowest BCUT2D eigenvalue weighted by Crippen LogP contribution is -2.47. The lowest BCUT2D eigenvalue weighted by Gasteiger charge is -2.41. The summed E-state index contributed by atoms with van der Waals surface area (Å²) in [5, 5.41) is 15.8. The molecule has 1 aliphatic heterocycles. The van der Waals surface area contributed by atoms with Crippen LogP contribution in [0.5, 0.6) is 0 Å². The first kappa shape index (κ1) is 21.7. The summed E-state index contributed by atoms with van der Waals surface area (Å²) in [7, 11) is 0. The largest absolute Gasteiger partial charge is 0.382 e. The van der Waals surface area contributed by atoms with E-state index in [-0.39, 0.29) is 12.7 Å². The van der Waals surface area contributed by atoms with E-state index < -0.39 is 11.4 Å². The average molecular weight is 468 g/mol. The third kappa shape index (κ3) is 3.71. The van der Waals surface area contributed by atoms with E-state index in [1.807, 2.05) is 0 Å². The second-order valence-electron chi connectivity index (χ2n) is 9.29. The number of aromatic nitrogens is 1. The van der Waals surface area contributed by atoms with Gasteiger partial charge in [-0.25, -0.2) is 0 Å². The zero-order valence-corrected chi connectivity index (χ0v) is 19.2. The molecule has 0 radical (unpaired) electrons. The molecule has 8 heteroatoms. The molecule has 5 rings (SSSR count). The van der Waals surface area contributed by atoms with Crippen LogP contribution in [0, 0.1) is 11.8 Å². The van der Waals surface area contributed by atoms with Crippen LogP contribution >= 0.6 is 23.2 Å². The fraction of sp³-hybridized carbons (Fsp3) is 0.609. The van der Waals surface area contributed by atoms with E-state index >= 15 is 0 Å². The molecule has 1 saturated heterocycles. The van der Waals surface area contributed by atoms with Crippen molar-refractivity contribution in [1.29, 1.82) is 0 Å². The Hall–Kier alpha value is -1.15. The molecule has 3 atom stereocenters. The minimum Gasteiger partial charge on any atom is -0.382 e. The highest BCUT2D eigenvalue weighted by Gasteiger charge is 2.58. The Kier molecular flexibility index (Phi) is 5.60. The minimum atomic E-state index is -1.22. The quantitative estimate of drug-likeness (QED) is 0.640. The standard InChI is InChI=1S/C23H27Cl2NO5/c1-22(2,27)21-16(20(26-31-21)19-17(24)4-3-5-18(19)25)12-28-15-10-13-6-7-14(11-15)23(13)29-8-9-30-23/h3-5,13-15,27H,6-12H2,1-2H3/t13-,14?,15?/m0/s1. The Labute approximate surface area is 191 Å². The summed E-state index contributed by atoms with van der Waals surface area (Å²) < 4.78 is 24.1. The molecule has 31 heavy (non-hydrogen) atoms. The van der Waals surface area contributed by atoms with Gasteiger partial charge in [0.25, 0.3) is 0 Å². The first-order valence-electron chi connectivity index (χ1n) is 10.8. The zero-order valence-electron chi connectivity index (χ0n) is 17.7. The van der Waals surface area contributed by atoms with Gasteiger partial charge in [0.05, 0.1) is 41.5 Å². The predicted molar refractivity (Wildman–Crippen MR) is 116 cm³/mol. The van der Waals surface area contributed by atoms with Crippen LogP contribution in [-0.2, 0) is 26.4 Å². The van der Waals surface area contributed by atoms with Gasteiger partial charge in [0.15, 0.2) is 11.5 Å². The SMILES string of the molecule is CC(C)(O)c1onc(-c2c(Cl)cccc2Cl)c1COC1CC2CC[C@@H](C1)C21OCCO1. The highest BCUT2D eigenvalue weighted by atomic mass is 35.5. The highest BCUT2D eigenvalue weighted by molar-refractivity contribution is 6.39. The van der Waals surface area contributed by atoms with Crippen LogP contribution in [-0.4, -0.2) is 35.4 Å². The third-order valence-electron chi connectivity index (χ3n) is 6.84. The summed E-state index contributed by atoms with van der Waals surface area (Å²) in [5.41, 5.74) is 0.534. The Morgan fingerprint density at radius 1 is 1.13 bits per heavy atom. The molecule has 2 saturated carbocycles. The van der Waals surface area contributed by atoms with Crippen molar-refractivity contribution in [2.75, 3.05) is 13.2 Å². The molecular formula is C23H27Cl2NO5. The number of aliphatic hydroxyl groups is 1. The number of rotatable bonds is 5. The van der Waals surface area contributed by atoms with E-state index in [1.54, 1.807) is 32.0 Å². The molecule has 3 aliphatic rings. The summed E-state index contributed by atoms with van der Waals surface area (Å²) in [5.74, 6) is 0.669. The van der Waals surface area contributed by atoms with Gasteiger partial charge in [-0.3, -0.25) is 0 Å². The monoisotopic (exact) mass is 467 g/mol. The van der Waals surface area contributed by atoms with Crippen molar-refractivity contribution in [3.63, 3.8) is 0 Å². The number of halogens is 2. The summed E-state index contributed by atoms with van der Waals surface area (Å²) in [6.45, 7) is 4.92. The fourth-order valence-electron chi connectivity index (χ4n) is 5.53. The van der Waals surface area contributed by atoms with Crippen LogP contribution in [0.1, 0.15) is 50.9 Å². The molecule has 6 nitrogen and oxygen atoms in total. The van der Waals surface area contributed by atoms with E-state index in [1.165, 1.54) is 0 Å². The normalized spacial score (nSPS) is 27.3. The Morgan fingerprint density at radius 3 is 2.32 bits per heavy atom. The number of nitrogens with zero attached hydrogens (tertiary/aromatic N) is 1. The predicted octanol–water partition coefficient (Wildman–Crippen LogP) is 5.32. The van der Waals surface area contributed by atoms with E-state index in [9.17, 15) is 5.11 Å². The van der Waals surface area contributed by atoms with Crippen LogP contribution < -0.4 is 0 Å². The molecule has 0 amide bonds. The minimum absolute atomic E-state index is 0.0787. The van der Waals surface area contributed by atoms with Crippen LogP contribution in [0.15, 0.2) is 22.7 Å². The lowest BCUT2D eigenvalue weighted by molar-refractivity contribution is -0.238. The van der Waals surface area contributed by atoms with E-state index in [2.05, 4.69) is 5.16 Å². The van der Waals surface area contributed by atoms with Crippen molar-refractivity contribution in [3.8, 4) is 11.3 Å². The smallest absolute Gasteiger partial charge is 0.174 e. The maximum Gasteiger partial charge on any atom is 0.174 e. The van der Waals surface area contributed by atoms with Crippen molar-refractivity contribution in [1.82, 2.24) is 5.16 Å². The van der Waals surface area contributed by atoms with Crippen LogP contribution in [0.4, 0.5) is 0 Å². The molecule has 2 aliphatic carbocycles. The van der Waals surface area contributed by atoms with E-state index in [0.29, 0.717) is 57.7 Å². The molecule has 168 valence electrons. The van der Waals surface area contributed by atoms with Gasteiger partial charge in [0, 0.05) is 17.4 Å². The Morgan fingerprint density at radius 2 is 1.74 bits per heavy atom. The molecule has 1 spiro atoms.